The second-order valence-corrected chi connectivity index (χ2v) is 7.99. The standard InChI is InChI=1S/C26H23FN2O3/c1-29-15-22(20-7-2-3-8-23(20)29)21(18-5-4-6-19(27)12-18)13-26(30)28-14-17-9-10-24-25(11-17)32-16-31-24/h2-12,15,21H,13-14,16H2,1H3,(H,28,30). The zero-order chi connectivity index (χ0) is 22.1. The van der Waals surface area contributed by atoms with Crippen molar-refractivity contribution >= 4 is 16.8 Å². The van der Waals surface area contributed by atoms with Gasteiger partial charge in [-0.1, -0.05) is 36.4 Å². The summed E-state index contributed by atoms with van der Waals surface area (Å²) in [5.41, 5.74) is 3.78. The fraction of sp³-hybridized carbons (Fsp3) is 0.192. The highest BCUT2D eigenvalue weighted by Crippen LogP contribution is 2.35. The van der Waals surface area contributed by atoms with Gasteiger partial charge >= 0.3 is 0 Å². The predicted octanol–water partition coefficient (Wildman–Crippen LogP) is 4.88. The number of rotatable bonds is 6. The van der Waals surface area contributed by atoms with Gasteiger partial charge in [-0.05, 0) is 47.0 Å². The molecule has 5 nitrogen and oxygen atoms in total. The second-order valence-electron chi connectivity index (χ2n) is 7.99. The molecule has 1 atom stereocenters. The van der Waals surface area contributed by atoms with Crippen molar-refractivity contribution in [3.63, 3.8) is 0 Å². The number of nitrogens with one attached hydrogen (secondary N) is 1. The molecule has 0 fully saturated rings. The topological polar surface area (TPSA) is 52.5 Å². The SMILES string of the molecule is Cn1cc(C(CC(=O)NCc2ccc3c(c2)OCO3)c2cccc(F)c2)c2ccccc21. The molecule has 0 aliphatic carbocycles. The minimum Gasteiger partial charge on any atom is -0.454 e. The average molecular weight is 430 g/mol. The Morgan fingerprint density at radius 1 is 1.06 bits per heavy atom. The van der Waals surface area contributed by atoms with E-state index < -0.39 is 0 Å². The number of halogens is 1. The maximum absolute atomic E-state index is 14.1. The molecule has 0 radical (unpaired) electrons. The normalized spacial score (nSPS) is 13.3. The molecule has 1 aliphatic rings. The van der Waals surface area contributed by atoms with Crippen LogP contribution in [-0.2, 0) is 18.4 Å². The molecule has 0 spiro atoms. The Morgan fingerprint density at radius 3 is 2.78 bits per heavy atom. The smallest absolute Gasteiger partial charge is 0.231 e. The monoisotopic (exact) mass is 430 g/mol. The third-order valence-corrected chi connectivity index (χ3v) is 5.87. The zero-order valence-electron chi connectivity index (χ0n) is 17.7. The molecule has 1 amide bonds. The van der Waals surface area contributed by atoms with Gasteiger partial charge < -0.3 is 19.4 Å². The number of ether oxygens (including phenoxy) is 2. The van der Waals surface area contributed by atoms with E-state index >= 15 is 0 Å². The number of nitrogens with zero attached hydrogens (tertiary/aromatic N) is 1. The lowest BCUT2D eigenvalue weighted by Gasteiger charge is -2.17. The molecular weight excluding hydrogens is 407 g/mol. The van der Waals surface area contributed by atoms with Crippen molar-refractivity contribution in [3.8, 4) is 11.5 Å². The lowest BCUT2D eigenvalue weighted by Crippen LogP contribution is -2.25. The van der Waals surface area contributed by atoms with E-state index in [1.807, 2.05) is 66.3 Å². The number of hydrogen-bond acceptors (Lipinski definition) is 3. The van der Waals surface area contributed by atoms with Crippen LogP contribution in [0.3, 0.4) is 0 Å². The molecule has 1 aliphatic heterocycles. The van der Waals surface area contributed by atoms with E-state index in [9.17, 15) is 9.18 Å². The largest absolute Gasteiger partial charge is 0.454 e. The number of aryl methyl sites for hydroxylation is 1. The van der Waals surface area contributed by atoms with E-state index in [1.54, 1.807) is 6.07 Å². The minimum atomic E-state index is -0.312. The first-order valence-electron chi connectivity index (χ1n) is 10.5. The molecule has 3 aromatic carbocycles. The van der Waals surface area contributed by atoms with Crippen LogP contribution < -0.4 is 14.8 Å². The molecule has 5 rings (SSSR count). The Labute approximate surface area is 185 Å². The molecule has 6 heteroatoms. The highest BCUT2D eigenvalue weighted by atomic mass is 19.1. The molecule has 1 aromatic heterocycles. The predicted molar refractivity (Wildman–Crippen MR) is 120 cm³/mol. The molecule has 4 aromatic rings. The molecule has 32 heavy (non-hydrogen) atoms. The maximum atomic E-state index is 14.1. The van der Waals surface area contributed by atoms with Crippen molar-refractivity contribution in [2.75, 3.05) is 6.79 Å². The van der Waals surface area contributed by atoms with E-state index in [4.69, 9.17) is 9.47 Å². The van der Waals surface area contributed by atoms with Crippen LogP contribution in [0.5, 0.6) is 11.5 Å². The molecule has 0 bridgehead atoms. The first-order valence-corrected chi connectivity index (χ1v) is 10.5. The van der Waals surface area contributed by atoms with Crippen LogP contribution in [0.4, 0.5) is 4.39 Å². The summed E-state index contributed by atoms with van der Waals surface area (Å²) in [5.74, 6) is 0.708. The van der Waals surface area contributed by atoms with E-state index in [2.05, 4.69) is 5.32 Å². The van der Waals surface area contributed by atoms with E-state index in [0.717, 1.165) is 27.6 Å². The number of hydrogen-bond donors (Lipinski definition) is 1. The fourth-order valence-electron chi connectivity index (χ4n) is 4.29. The van der Waals surface area contributed by atoms with Crippen molar-refractivity contribution in [1.29, 1.82) is 0 Å². The lowest BCUT2D eigenvalue weighted by molar-refractivity contribution is -0.121. The average Bonchev–Trinajstić information content (AvgIpc) is 3.40. The number of carbonyl (C=O) groups excluding carboxylic acids is 1. The second kappa shape index (κ2) is 8.38. The van der Waals surface area contributed by atoms with Crippen molar-refractivity contribution in [2.45, 2.75) is 18.9 Å². The summed E-state index contributed by atoms with van der Waals surface area (Å²) in [6, 6.07) is 20.2. The Balaban J connectivity index is 1.40. The summed E-state index contributed by atoms with van der Waals surface area (Å²) in [6.45, 7) is 0.590. The zero-order valence-corrected chi connectivity index (χ0v) is 17.7. The van der Waals surface area contributed by atoms with Crippen LogP contribution in [-0.4, -0.2) is 17.3 Å². The van der Waals surface area contributed by atoms with Gasteiger partial charge in [0, 0.05) is 43.0 Å². The van der Waals surface area contributed by atoms with E-state index in [1.165, 1.54) is 12.1 Å². The molecule has 0 saturated heterocycles. The molecule has 0 saturated carbocycles. The molecule has 2 heterocycles. The van der Waals surface area contributed by atoms with Gasteiger partial charge in [-0.15, -0.1) is 0 Å². The maximum Gasteiger partial charge on any atom is 0.231 e. The van der Waals surface area contributed by atoms with Gasteiger partial charge in [-0.25, -0.2) is 4.39 Å². The summed E-state index contributed by atoms with van der Waals surface area (Å²) < 4.78 is 26.8. The van der Waals surface area contributed by atoms with Crippen molar-refractivity contribution < 1.29 is 18.7 Å². The first kappa shape index (κ1) is 20.1. The van der Waals surface area contributed by atoms with Crippen LogP contribution in [0.2, 0.25) is 0 Å². The lowest BCUT2D eigenvalue weighted by atomic mass is 9.88. The highest BCUT2D eigenvalue weighted by Gasteiger charge is 2.23. The number of carbonyl (C=O) groups is 1. The summed E-state index contributed by atoms with van der Waals surface area (Å²) in [5, 5.41) is 4.06. The molecule has 1 unspecified atom stereocenters. The van der Waals surface area contributed by atoms with E-state index in [0.29, 0.717) is 18.0 Å². The molecule has 162 valence electrons. The molecule has 1 N–H and O–H groups in total. The van der Waals surface area contributed by atoms with Gasteiger partial charge in [-0.3, -0.25) is 4.79 Å². The minimum absolute atomic E-state index is 0.107. The number of benzene rings is 3. The van der Waals surface area contributed by atoms with Crippen molar-refractivity contribution in [3.05, 3.63) is 95.4 Å². The summed E-state index contributed by atoms with van der Waals surface area (Å²) in [7, 11) is 1.98. The van der Waals surface area contributed by atoms with Crippen LogP contribution >= 0.6 is 0 Å². The number of amides is 1. The Hall–Kier alpha value is -3.80. The van der Waals surface area contributed by atoms with Gasteiger partial charge in [0.15, 0.2) is 11.5 Å². The summed E-state index contributed by atoms with van der Waals surface area (Å²) in [6.07, 6.45) is 2.24. The third kappa shape index (κ3) is 3.91. The highest BCUT2D eigenvalue weighted by molar-refractivity contribution is 5.86. The Morgan fingerprint density at radius 2 is 1.91 bits per heavy atom. The van der Waals surface area contributed by atoms with Crippen molar-refractivity contribution in [1.82, 2.24) is 9.88 Å². The van der Waals surface area contributed by atoms with Gasteiger partial charge in [0.1, 0.15) is 5.82 Å². The van der Waals surface area contributed by atoms with Crippen LogP contribution in [0, 0.1) is 5.82 Å². The van der Waals surface area contributed by atoms with Crippen LogP contribution in [0.1, 0.15) is 29.0 Å². The van der Waals surface area contributed by atoms with Gasteiger partial charge in [0.05, 0.1) is 0 Å². The van der Waals surface area contributed by atoms with Crippen LogP contribution in [0.25, 0.3) is 10.9 Å². The Bertz CT molecular complexity index is 1300. The van der Waals surface area contributed by atoms with E-state index in [-0.39, 0.29) is 30.9 Å². The molecular formula is C26H23FN2O3. The van der Waals surface area contributed by atoms with Gasteiger partial charge in [-0.2, -0.15) is 0 Å². The number of fused-ring (bicyclic) bond motifs is 2. The fourth-order valence-corrected chi connectivity index (χ4v) is 4.29. The van der Waals surface area contributed by atoms with Gasteiger partial charge in [0.25, 0.3) is 0 Å². The summed E-state index contributed by atoms with van der Waals surface area (Å²) in [4.78, 5) is 13.0. The first-order chi connectivity index (χ1) is 15.6. The third-order valence-electron chi connectivity index (χ3n) is 5.87. The Kier molecular flexibility index (Phi) is 5.27. The van der Waals surface area contributed by atoms with Crippen molar-refractivity contribution in [2.24, 2.45) is 7.05 Å². The summed E-state index contributed by atoms with van der Waals surface area (Å²) >= 11 is 0. The van der Waals surface area contributed by atoms with Gasteiger partial charge in [0.2, 0.25) is 12.7 Å². The number of para-hydroxylation sites is 1. The quantitative estimate of drug-likeness (QED) is 0.474. The number of aromatic nitrogens is 1. The van der Waals surface area contributed by atoms with Crippen LogP contribution in [0.15, 0.2) is 72.9 Å².